The molecule has 0 saturated heterocycles. The van der Waals surface area contributed by atoms with Crippen LogP contribution in [-0.2, 0) is 16.0 Å². The number of aryl methyl sites for hydroxylation is 2. The van der Waals surface area contributed by atoms with Gasteiger partial charge in [-0.2, -0.15) is 0 Å². The fraction of sp³-hybridized carbons (Fsp3) is 0.500. The Morgan fingerprint density at radius 3 is 2.71 bits per heavy atom. The van der Waals surface area contributed by atoms with Gasteiger partial charge in [0.1, 0.15) is 0 Å². The molecule has 0 radical (unpaired) electrons. The van der Waals surface area contributed by atoms with E-state index in [2.05, 4.69) is 31.3 Å². The van der Waals surface area contributed by atoms with Crippen LogP contribution in [0.15, 0.2) is 18.2 Å². The highest BCUT2D eigenvalue weighted by Gasteiger charge is 2.03. The van der Waals surface area contributed by atoms with Gasteiger partial charge in [-0.15, -0.1) is 0 Å². The number of ether oxygens (including phenoxy) is 1. The maximum atomic E-state index is 11.6. The second kappa shape index (κ2) is 7.07. The average molecular weight is 235 g/mol. The first-order valence-corrected chi connectivity index (χ1v) is 5.95. The zero-order valence-corrected chi connectivity index (χ0v) is 10.9. The third-order valence-corrected chi connectivity index (χ3v) is 2.78. The van der Waals surface area contributed by atoms with Gasteiger partial charge in [-0.3, -0.25) is 4.79 Å². The Labute approximate surface area is 103 Å². The lowest BCUT2D eigenvalue weighted by Gasteiger charge is -2.06. The van der Waals surface area contributed by atoms with E-state index in [0.29, 0.717) is 19.6 Å². The summed E-state index contributed by atoms with van der Waals surface area (Å²) >= 11 is 0. The van der Waals surface area contributed by atoms with Gasteiger partial charge in [0.15, 0.2) is 0 Å². The molecule has 0 atom stereocenters. The van der Waals surface area contributed by atoms with E-state index in [1.165, 1.54) is 11.1 Å². The van der Waals surface area contributed by atoms with Gasteiger partial charge in [0.05, 0.1) is 6.42 Å². The summed E-state index contributed by atoms with van der Waals surface area (Å²) in [6, 6.07) is 6.14. The van der Waals surface area contributed by atoms with E-state index in [0.717, 1.165) is 12.0 Å². The van der Waals surface area contributed by atoms with Crippen LogP contribution in [0.3, 0.4) is 0 Å². The van der Waals surface area contributed by atoms with E-state index >= 15 is 0 Å². The summed E-state index contributed by atoms with van der Waals surface area (Å²) in [7, 11) is 1.66. The lowest BCUT2D eigenvalue weighted by atomic mass is 10.0. The number of methoxy groups -OCH3 is 1. The lowest BCUT2D eigenvalue weighted by molar-refractivity contribution is -0.120. The predicted octanol–water partition coefficient (Wildman–Crippen LogP) is 2.00. The smallest absolute Gasteiger partial charge is 0.224 e. The zero-order valence-electron chi connectivity index (χ0n) is 10.9. The van der Waals surface area contributed by atoms with Gasteiger partial charge >= 0.3 is 0 Å². The minimum absolute atomic E-state index is 0.0735. The molecule has 1 N–H and O–H groups in total. The van der Waals surface area contributed by atoms with Crippen molar-refractivity contribution in [2.24, 2.45) is 0 Å². The van der Waals surface area contributed by atoms with Crippen LogP contribution in [0.4, 0.5) is 0 Å². The average Bonchev–Trinajstić information content (AvgIpc) is 2.30. The SMILES string of the molecule is COCCCNC(=O)Cc1ccc(C)c(C)c1. The van der Waals surface area contributed by atoms with Crippen LogP contribution in [0.5, 0.6) is 0 Å². The van der Waals surface area contributed by atoms with Crippen LogP contribution in [0.25, 0.3) is 0 Å². The highest BCUT2D eigenvalue weighted by molar-refractivity contribution is 5.78. The van der Waals surface area contributed by atoms with Crippen molar-refractivity contribution in [2.75, 3.05) is 20.3 Å². The van der Waals surface area contributed by atoms with E-state index in [1.807, 2.05) is 6.07 Å². The number of amides is 1. The Hall–Kier alpha value is -1.35. The van der Waals surface area contributed by atoms with Crippen molar-refractivity contribution in [1.82, 2.24) is 5.32 Å². The first kappa shape index (κ1) is 13.7. The van der Waals surface area contributed by atoms with Crippen LogP contribution < -0.4 is 5.32 Å². The number of hydrogen-bond acceptors (Lipinski definition) is 2. The molecular weight excluding hydrogens is 214 g/mol. The van der Waals surface area contributed by atoms with Crippen molar-refractivity contribution in [2.45, 2.75) is 26.7 Å². The van der Waals surface area contributed by atoms with Crippen LogP contribution in [0.1, 0.15) is 23.1 Å². The predicted molar refractivity (Wildman–Crippen MR) is 69.1 cm³/mol. The van der Waals surface area contributed by atoms with Gasteiger partial charge < -0.3 is 10.1 Å². The van der Waals surface area contributed by atoms with Crippen molar-refractivity contribution in [1.29, 1.82) is 0 Å². The third kappa shape index (κ3) is 5.00. The molecule has 0 unspecified atom stereocenters. The molecule has 1 aromatic rings. The van der Waals surface area contributed by atoms with Crippen LogP contribution in [0.2, 0.25) is 0 Å². The highest BCUT2D eigenvalue weighted by atomic mass is 16.5. The molecule has 0 bridgehead atoms. The van der Waals surface area contributed by atoms with Gasteiger partial charge in [-0.05, 0) is 37.0 Å². The molecule has 3 nitrogen and oxygen atoms in total. The van der Waals surface area contributed by atoms with Crippen molar-refractivity contribution >= 4 is 5.91 Å². The molecule has 0 aliphatic carbocycles. The Balaban J connectivity index is 2.37. The second-order valence-corrected chi connectivity index (χ2v) is 4.29. The highest BCUT2D eigenvalue weighted by Crippen LogP contribution is 2.10. The molecule has 17 heavy (non-hydrogen) atoms. The molecule has 0 fully saturated rings. The molecule has 1 amide bonds. The molecule has 1 rings (SSSR count). The molecule has 0 aliphatic rings. The van der Waals surface area contributed by atoms with Crippen LogP contribution in [0, 0.1) is 13.8 Å². The zero-order chi connectivity index (χ0) is 12.7. The molecule has 0 heterocycles. The summed E-state index contributed by atoms with van der Waals surface area (Å²) in [6.45, 7) is 5.50. The van der Waals surface area contributed by atoms with E-state index in [9.17, 15) is 4.79 Å². The molecular formula is C14H21NO2. The van der Waals surface area contributed by atoms with E-state index < -0.39 is 0 Å². The second-order valence-electron chi connectivity index (χ2n) is 4.29. The minimum Gasteiger partial charge on any atom is -0.385 e. The largest absolute Gasteiger partial charge is 0.385 e. The quantitative estimate of drug-likeness (QED) is 0.766. The first-order valence-electron chi connectivity index (χ1n) is 5.95. The number of nitrogens with one attached hydrogen (secondary N) is 1. The van der Waals surface area contributed by atoms with Crippen LogP contribution >= 0.6 is 0 Å². The fourth-order valence-corrected chi connectivity index (χ4v) is 1.61. The molecule has 0 spiro atoms. The molecule has 0 aromatic heterocycles. The number of benzene rings is 1. The topological polar surface area (TPSA) is 38.3 Å². The molecule has 0 aliphatic heterocycles. The van der Waals surface area contributed by atoms with Crippen molar-refractivity contribution < 1.29 is 9.53 Å². The molecule has 1 aromatic carbocycles. The number of hydrogen-bond donors (Lipinski definition) is 1. The Morgan fingerprint density at radius 2 is 2.06 bits per heavy atom. The van der Waals surface area contributed by atoms with Gasteiger partial charge in [-0.1, -0.05) is 18.2 Å². The summed E-state index contributed by atoms with van der Waals surface area (Å²) < 4.78 is 4.92. The number of carbonyl (C=O) groups excluding carboxylic acids is 1. The number of carbonyl (C=O) groups is 1. The van der Waals surface area contributed by atoms with E-state index in [4.69, 9.17) is 4.74 Å². The van der Waals surface area contributed by atoms with E-state index in [1.54, 1.807) is 7.11 Å². The fourth-order valence-electron chi connectivity index (χ4n) is 1.61. The molecule has 0 saturated carbocycles. The van der Waals surface area contributed by atoms with E-state index in [-0.39, 0.29) is 5.91 Å². The molecule has 3 heteroatoms. The summed E-state index contributed by atoms with van der Waals surface area (Å²) in [5.74, 6) is 0.0735. The molecule has 94 valence electrons. The van der Waals surface area contributed by atoms with Gasteiger partial charge in [0.2, 0.25) is 5.91 Å². The third-order valence-electron chi connectivity index (χ3n) is 2.78. The monoisotopic (exact) mass is 235 g/mol. The summed E-state index contributed by atoms with van der Waals surface area (Å²) in [5, 5.41) is 2.88. The lowest BCUT2D eigenvalue weighted by Crippen LogP contribution is -2.26. The minimum atomic E-state index is 0.0735. The number of rotatable bonds is 6. The maximum Gasteiger partial charge on any atom is 0.224 e. The van der Waals surface area contributed by atoms with Crippen molar-refractivity contribution in [3.8, 4) is 0 Å². The van der Waals surface area contributed by atoms with Crippen molar-refractivity contribution in [3.63, 3.8) is 0 Å². The van der Waals surface area contributed by atoms with Gasteiger partial charge in [0, 0.05) is 20.3 Å². The Kier molecular flexibility index (Phi) is 5.70. The normalized spacial score (nSPS) is 10.3. The Morgan fingerprint density at radius 1 is 1.29 bits per heavy atom. The van der Waals surface area contributed by atoms with Crippen LogP contribution in [-0.4, -0.2) is 26.2 Å². The summed E-state index contributed by atoms with van der Waals surface area (Å²) in [6.07, 6.45) is 1.31. The maximum absolute atomic E-state index is 11.6. The Bertz CT molecular complexity index is 374. The first-order chi connectivity index (χ1) is 8.13. The van der Waals surface area contributed by atoms with Crippen molar-refractivity contribution in [3.05, 3.63) is 34.9 Å². The summed E-state index contributed by atoms with van der Waals surface area (Å²) in [4.78, 5) is 11.6. The summed E-state index contributed by atoms with van der Waals surface area (Å²) in [5.41, 5.74) is 3.56. The van der Waals surface area contributed by atoms with Gasteiger partial charge in [-0.25, -0.2) is 0 Å². The van der Waals surface area contributed by atoms with Gasteiger partial charge in [0.25, 0.3) is 0 Å². The standard InChI is InChI=1S/C14H21NO2/c1-11-5-6-13(9-12(11)2)10-14(16)15-7-4-8-17-3/h5-6,9H,4,7-8,10H2,1-3H3,(H,15,16).